The fraction of sp³-hybridized carbons (Fsp3) is 0.462. The highest BCUT2D eigenvalue weighted by molar-refractivity contribution is 6.02. The molecule has 0 aliphatic carbocycles. The number of benzene rings is 1. The Morgan fingerprint density at radius 3 is 3.00 bits per heavy atom. The van der Waals surface area contributed by atoms with Crippen molar-refractivity contribution in [3.05, 3.63) is 23.8 Å². The van der Waals surface area contributed by atoms with E-state index in [-0.39, 0.29) is 5.91 Å². The van der Waals surface area contributed by atoms with Gasteiger partial charge in [-0.2, -0.15) is 0 Å². The molecule has 1 N–H and O–H groups in total. The summed E-state index contributed by atoms with van der Waals surface area (Å²) in [7, 11) is 0. The lowest BCUT2D eigenvalue weighted by Gasteiger charge is -2.30. The number of aryl methyl sites for hydroxylation is 1. The van der Waals surface area contributed by atoms with Crippen LogP contribution in [0.5, 0.6) is 0 Å². The third-order valence-corrected chi connectivity index (χ3v) is 2.91. The lowest BCUT2D eigenvalue weighted by molar-refractivity contribution is -0.117. The fourth-order valence-electron chi connectivity index (χ4n) is 1.99. The van der Waals surface area contributed by atoms with Gasteiger partial charge in [-0.3, -0.25) is 4.79 Å². The zero-order valence-corrected chi connectivity index (χ0v) is 9.92. The van der Waals surface area contributed by atoms with Gasteiger partial charge in [-0.25, -0.2) is 0 Å². The van der Waals surface area contributed by atoms with Crippen molar-refractivity contribution in [1.29, 1.82) is 0 Å². The summed E-state index contributed by atoms with van der Waals surface area (Å²) in [6.45, 7) is 5.45. The maximum absolute atomic E-state index is 11.8. The standard InChI is InChI=1S/C13H18N2O/c1-3-4-7-15-12-6-5-10(2)8-11(12)14-9-13(15)16/h5-6,8,14H,3-4,7,9H2,1-2H3. The first-order chi connectivity index (χ1) is 7.72. The second kappa shape index (κ2) is 4.56. The highest BCUT2D eigenvalue weighted by Gasteiger charge is 2.22. The van der Waals surface area contributed by atoms with Gasteiger partial charge in [0.25, 0.3) is 0 Å². The Hall–Kier alpha value is -1.51. The van der Waals surface area contributed by atoms with Crippen LogP contribution in [0.15, 0.2) is 18.2 Å². The number of nitrogens with zero attached hydrogens (tertiary/aromatic N) is 1. The van der Waals surface area contributed by atoms with Crippen LogP contribution in [-0.4, -0.2) is 19.0 Å². The van der Waals surface area contributed by atoms with Crippen molar-refractivity contribution >= 4 is 17.3 Å². The van der Waals surface area contributed by atoms with Crippen LogP contribution in [-0.2, 0) is 4.79 Å². The number of fused-ring (bicyclic) bond motifs is 1. The third kappa shape index (κ3) is 2.03. The second-order valence-corrected chi connectivity index (χ2v) is 4.27. The smallest absolute Gasteiger partial charge is 0.246 e. The normalized spacial score (nSPS) is 14.6. The van der Waals surface area contributed by atoms with Crippen molar-refractivity contribution in [1.82, 2.24) is 0 Å². The van der Waals surface area contributed by atoms with Gasteiger partial charge in [-0.05, 0) is 31.0 Å². The lowest BCUT2D eigenvalue weighted by Crippen LogP contribution is -2.40. The van der Waals surface area contributed by atoms with Crippen LogP contribution in [0.2, 0.25) is 0 Å². The number of anilines is 2. The zero-order valence-electron chi connectivity index (χ0n) is 9.92. The molecule has 0 saturated heterocycles. The maximum Gasteiger partial charge on any atom is 0.246 e. The van der Waals surface area contributed by atoms with Crippen molar-refractivity contribution in [2.75, 3.05) is 23.3 Å². The Morgan fingerprint density at radius 2 is 2.25 bits per heavy atom. The van der Waals surface area contributed by atoms with Gasteiger partial charge in [0.05, 0.1) is 17.9 Å². The maximum atomic E-state index is 11.8. The molecule has 3 nitrogen and oxygen atoms in total. The van der Waals surface area contributed by atoms with E-state index in [1.54, 1.807) is 0 Å². The number of carbonyl (C=O) groups is 1. The summed E-state index contributed by atoms with van der Waals surface area (Å²) >= 11 is 0. The molecule has 1 aromatic carbocycles. The van der Waals surface area contributed by atoms with Crippen LogP contribution >= 0.6 is 0 Å². The van der Waals surface area contributed by atoms with Gasteiger partial charge in [-0.1, -0.05) is 19.4 Å². The van der Waals surface area contributed by atoms with Crippen LogP contribution in [0.4, 0.5) is 11.4 Å². The van der Waals surface area contributed by atoms with Gasteiger partial charge in [0.1, 0.15) is 0 Å². The Kier molecular flexibility index (Phi) is 3.13. The number of unbranched alkanes of at least 4 members (excludes halogenated alkanes) is 1. The van der Waals surface area contributed by atoms with E-state index in [0.717, 1.165) is 30.8 Å². The highest BCUT2D eigenvalue weighted by atomic mass is 16.2. The first-order valence-corrected chi connectivity index (χ1v) is 5.87. The van der Waals surface area contributed by atoms with Crippen molar-refractivity contribution in [2.45, 2.75) is 26.7 Å². The molecule has 2 rings (SSSR count). The van der Waals surface area contributed by atoms with Crippen molar-refractivity contribution in [3.63, 3.8) is 0 Å². The van der Waals surface area contributed by atoms with E-state index in [1.807, 2.05) is 11.0 Å². The molecule has 0 unspecified atom stereocenters. The van der Waals surface area contributed by atoms with Gasteiger partial charge in [-0.15, -0.1) is 0 Å². The van der Waals surface area contributed by atoms with Crippen LogP contribution in [0, 0.1) is 6.92 Å². The minimum Gasteiger partial charge on any atom is -0.374 e. The minimum atomic E-state index is 0.171. The average Bonchev–Trinajstić information content (AvgIpc) is 2.28. The summed E-state index contributed by atoms with van der Waals surface area (Å²) in [5.41, 5.74) is 3.32. The molecular weight excluding hydrogens is 200 g/mol. The lowest BCUT2D eigenvalue weighted by atomic mass is 10.1. The predicted octanol–water partition coefficient (Wildman–Crippen LogP) is 2.55. The molecule has 0 saturated carbocycles. The quantitative estimate of drug-likeness (QED) is 0.845. The van der Waals surface area contributed by atoms with E-state index in [1.165, 1.54) is 5.56 Å². The molecule has 0 bridgehead atoms. The SMILES string of the molecule is CCCCN1C(=O)CNc2cc(C)ccc21. The first-order valence-electron chi connectivity index (χ1n) is 5.87. The fourth-order valence-corrected chi connectivity index (χ4v) is 1.99. The van der Waals surface area contributed by atoms with Crippen molar-refractivity contribution in [2.24, 2.45) is 0 Å². The van der Waals surface area contributed by atoms with Crippen LogP contribution in [0.25, 0.3) is 0 Å². The number of amides is 1. The number of nitrogens with one attached hydrogen (secondary N) is 1. The summed E-state index contributed by atoms with van der Waals surface area (Å²) in [5, 5.41) is 3.17. The molecule has 1 amide bonds. The molecule has 0 radical (unpaired) electrons. The summed E-state index contributed by atoms with van der Waals surface area (Å²) < 4.78 is 0. The summed E-state index contributed by atoms with van der Waals surface area (Å²) in [5.74, 6) is 0.171. The average molecular weight is 218 g/mol. The third-order valence-electron chi connectivity index (χ3n) is 2.91. The Bertz CT molecular complexity index is 401. The molecular formula is C13H18N2O. The Balaban J connectivity index is 2.29. The van der Waals surface area contributed by atoms with E-state index < -0.39 is 0 Å². The molecule has 0 spiro atoms. The Labute approximate surface area is 96.5 Å². The molecule has 1 heterocycles. The predicted molar refractivity (Wildman–Crippen MR) is 66.9 cm³/mol. The van der Waals surface area contributed by atoms with E-state index in [9.17, 15) is 4.79 Å². The number of hydrogen-bond donors (Lipinski definition) is 1. The van der Waals surface area contributed by atoms with E-state index >= 15 is 0 Å². The van der Waals surface area contributed by atoms with Crippen LogP contribution < -0.4 is 10.2 Å². The van der Waals surface area contributed by atoms with E-state index in [2.05, 4.69) is 31.3 Å². The van der Waals surface area contributed by atoms with Crippen molar-refractivity contribution in [3.8, 4) is 0 Å². The second-order valence-electron chi connectivity index (χ2n) is 4.27. The van der Waals surface area contributed by atoms with Crippen LogP contribution in [0.3, 0.4) is 0 Å². The summed E-state index contributed by atoms with van der Waals surface area (Å²) in [4.78, 5) is 13.7. The Morgan fingerprint density at radius 1 is 1.44 bits per heavy atom. The first kappa shape index (κ1) is 11.0. The molecule has 86 valence electrons. The molecule has 1 aliphatic heterocycles. The molecule has 0 aromatic heterocycles. The van der Waals surface area contributed by atoms with Gasteiger partial charge in [0, 0.05) is 6.54 Å². The molecule has 1 aliphatic rings. The topological polar surface area (TPSA) is 32.3 Å². The van der Waals surface area contributed by atoms with Gasteiger partial charge in [0.15, 0.2) is 0 Å². The molecule has 0 atom stereocenters. The monoisotopic (exact) mass is 218 g/mol. The summed E-state index contributed by atoms with van der Waals surface area (Å²) in [6.07, 6.45) is 2.16. The van der Waals surface area contributed by atoms with Gasteiger partial charge >= 0.3 is 0 Å². The zero-order chi connectivity index (χ0) is 11.5. The highest BCUT2D eigenvalue weighted by Crippen LogP contribution is 2.30. The number of carbonyl (C=O) groups excluding carboxylic acids is 1. The largest absolute Gasteiger partial charge is 0.374 e. The minimum absolute atomic E-state index is 0.171. The number of rotatable bonds is 3. The van der Waals surface area contributed by atoms with Gasteiger partial charge in [0.2, 0.25) is 5.91 Å². The molecule has 3 heteroatoms. The van der Waals surface area contributed by atoms with Gasteiger partial charge < -0.3 is 10.2 Å². The molecule has 16 heavy (non-hydrogen) atoms. The number of hydrogen-bond acceptors (Lipinski definition) is 2. The molecule has 1 aromatic rings. The molecule has 0 fully saturated rings. The van der Waals surface area contributed by atoms with E-state index in [4.69, 9.17) is 0 Å². The van der Waals surface area contributed by atoms with Crippen molar-refractivity contribution < 1.29 is 4.79 Å². The summed E-state index contributed by atoms with van der Waals surface area (Å²) in [6, 6.07) is 6.18. The van der Waals surface area contributed by atoms with Crippen LogP contribution in [0.1, 0.15) is 25.3 Å². The van der Waals surface area contributed by atoms with E-state index in [0.29, 0.717) is 6.54 Å².